The number of hydrogen-bond acceptors (Lipinski definition) is 6. The van der Waals surface area contributed by atoms with Crippen LogP contribution in [0.2, 0.25) is 0 Å². The van der Waals surface area contributed by atoms with E-state index in [0.29, 0.717) is 22.9 Å². The lowest BCUT2D eigenvalue weighted by molar-refractivity contribution is 0.618. The minimum absolute atomic E-state index is 0.646. The van der Waals surface area contributed by atoms with Crippen molar-refractivity contribution in [3.63, 3.8) is 0 Å². The molecule has 76 heavy (non-hydrogen) atoms. The van der Waals surface area contributed by atoms with E-state index in [9.17, 15) is 0 Å². The summed E-state index contributed by atoms with van der Waals surface area (Å²) in [5.74, 6) is 1.29. The second kappa shape index (κ2) is 20.3. The first kappa shape index (κ1) is 45.6. The van der Waals surface area contributed by atoms with Gasteiger partial charge in [-0.05, 0) is 108 Å². The first-order valence-electron chi connectivity index (χ1n) is 25.6. The topological polar surface area (TPSA) is 39.2 Å². The maximum Gasteiger partial charge on any atom is 0.213 e. The highest BCUT2D eigenvalue weighted by molar-refractivity contribution is 6.29. The minimum atomic E-state index is 0.646. The maximum absolute atomic E-state index is 8.08. The van der Waals surface area contributed by atoms with Crippen LogP contribution in [0.5, 0.6) is 0 Å². The lowest BCUT2D eigenvalue weighted by Gasteiger charge is -2.30. The molecular formula is C70H50N4O2. The van der Waals surface area contributed by atoms with Crippen molar-refractivity contribution in [2.45, 2.75) is 0 Å². The van der Waals surface area contributed by atoms with Crippen LogP contribution in [0.3, 0.4) is 0 Å². The predicted molar refractivity (Wildman–Crippen MR) is 316 cm³/mol. The quantitative estimate of drug-likeness (QED) is 0.101. The molecule has 0 saturated heterocycles. The molecule has 0 bridgehead atoms. The van der Waals surface area contributed by atoms with Crippen molar-refractivity contribution < 1.29 is 8.83 Å². The summed E-state index contributed by atoms with van der Waals surface area (Å²) < 4.78 is 16.2. The highest BCUT2D eigenvalue weighted by Gasteiger charge is 2.39. The van der Waals surface area contributed by atoms with Gasteiger partial charge < -0.3 is 18.6 Å². The summed E-state index contributed by atoms with van der Waals surface area (Å²) in [5, 5.41) is 1.71. The highest BCUT2D eigenvalue weighted by atomic mass is 16.4. The van der Waals surface area contributed by atoms with Gasteiger partial charge in [0.25, 0.3) is 0 Å². The maximum atomic E-state index is 8.08. The Kier molecular flexibility index (Phi) is 12.2. The molecule has 362 valence electrons. The van der Waals surface area contributed by atoms with E-state index in [0.717, 1.165) is 89.9 Å². The molecule has 13 aromatic rings. The first-order valence-corrected chi connectivity index (χ1v) is 25.6. The number of fused-ring (bicyclic) bond motifs is 2. The summed E-state index contributed by atoms with van der Waals surface area (Å²) in [6.45, 7) is 0. The van der Waals surface area contributed by atoms with Gasteiger partial charge in [-0.25, -0.2) is 0 Å². The van der Waals surface area contributed by atoms with E-state index in [1.165, 1.54) is 0 Å². The lowest BCUT2D eigenvalue weighted by Crippen LogP contribution is -2.14. The van der Waals surface area contributed by atoms with Gasteiger partial charge in [0, 0.05) is 45.5 Å². The third-order valence-corrected chi connectivity index (χ3v) is 13.8. The monoisotopic (exact) mass is 978 g/mol. The molecule has 2 heterocycles. The minimum Gasteiger partial charge on any atom is -0.437 e. The molecule has 13 rings (SSSR count). The summed E-state index contributed by atoms with van der Waals surface area (Å²) in [5.41, 5.74) is 14.2. The van der Waals surface area contributed by atoms with Gasteiger partial charge in [-0.15, -0.1) is 0 Å². The third-order valence-electron chi connectivity index (χ3n) is 13.8. The van der Waals surface area contributed by atoms with Crippen LogP contribution in [0.4, 0.5) is 68.6 Å². The van der Waals surface area contributed by atoms with Gasteiger partial charge in [0.2, 0.25) is 11.8 Å². The Bertz CT molecular complexity index is 3590. The average molecular weight is 979 g/mol. The Morgan fingerprint density at radius 2 is 0.382 bits per heavy atom. The molecule has 0 fully saturated rings. The second-order valence-electron chi connectivity index (χ2n) is 18.4. The van der Waals surface area contributed by atoms with Crippen LogP contribution >= 0.6 is 0 Å². The van der Waals surface area contributed by atoms with Crippen LogP contribution in [0.1, 0.15) is 0 Å². The Balaban J connectivity index is 1.33. The van der Waals surface area contributed by atoms with Gasteiger partial charge in [-0.2, -0.15) is 0 Å². The summed E-state index contributed by atoms with van der Waals surface area (Å²) >= 11 is 0. The first-order chi connectivity index (χ1) is 37.8. The fourth-order valence-electron chi connectivity index (χ4n) is 10.5. The normalized spacial score (nSPS) is 11.2. The fraction of sp³-hybridized carbons (Fsp3) is 0. The van der Waals surface area contributed by atoms with Crippen molar-refractivity contribution in [1.82, 2.24) is 0 Å². The molecule has 11 aromatic carbocycles. The zero-order chi connectivity index (χ0) is 50.6. The van der Waals surface area contributed by atoms with Gasteiger partial charge in [-0.3, -0.25) is 9.80 Å². The van der Waals surface area contributed by atoms with Gasteiger partial charge in [-0.1, -0.05) is 206 Å². The van der Waals surface area contributed by atoms with E-state index in [-0.39, 0.29) is 0 Å². The van der Waals surface area contributed by atoms with Crippen LogP contribution < -0.4 is 19.6 Å². The van der Waals surface area contributed by atoms with Crippen molar-refractivity contribution >= 4 is 90.6 Å². The molecule has 0 spiro atoms. The third kappa shape index (κ3) is 8.30. The molecule has 0 atom stereocenters. The molecule has 0 radical (unpaired) electrons. The molecule has 2 aromatic heterocycles. The molecule has 0 saturated carbocycles. The van der Waals surface area contributed by atoms with Crippen LogP contribution in [0, 0.1) is 0 Å². The molecular weight excluding hydrogens is 929 g/mol. The lowest BCUT2D eigenvalue weighted by atomic mass is 9.94. The summed E-state index contributed by atoms with van der Waals surface area (Å²) in [7, 11) is 0. The molecule has 6 nitrogen and oxygen atoms in total. The molecule has 0 aliphatic heterocycles. The smallest absolute Gasteiger partial charge is 0.213 e. The molecule has 0 N–H and O–H groups in total. The van der Waals surface area contributed by atoms with Crippen molar-refractivity contribution in [3.8, 4) is 22.3 Å². The van der Waals surface area contributed by atoms with Gasteiger partial charge in [0.05, 0.1) is 21.9 Å². The fourth-order valence-corrected chi connectivity index (χ4v) is 10.5. The van der Waals surface area contributed by atoms with Crippen LogP contribution in [0.15, 0.2) is 312 Å². The Morgan fingerprint density at radius 1 is 0.197 bits per heavy atom. The van der Waals surface area contributed by atoms with Crippen molar-refractivity contribution in [2.24, 2.45) is 0 Å². The van der Waals surface area contributed by atoms with Crippen LogP contribution in [0.25, 0.3) is 44.2 Å². The van der Waals surface area contributed by atoms with E-state index in [1.807, 2.05) is 0 Å². The van der Waals surface area contributed by atoms with Crippen molar-refractivity contribution in [1.29, 1.82) is 0 Å². The second-order valence-corrected chi connectivity index (χ2v) is 18.4. The zero-order valence-electron chi connectivity index (χ0n) is 41.5. The summed E-state index contributed by atoms with van der Waals surface area (Å²) in [6, 6.07) is 106. The molecule has 0 aliphatic rings. The van der Waals surface area contributed by atoms with E-state index in [1.54, 1.807) is 0 Å². The number of furan rings is 2. The van der Waals surface area contributed by atoms with E-state index in [4.69, 9.17) is 8.83 Å². The van der Waals surface area contributed by atoms with E-state index >= 15 is 0 Å². The van der Waals surface area contributed by atoms with Crippen LogP contribution in [-0.2, 0) is 0 Å². The van der Waals surface area contributed by atoms with Crippen molar-refractivity contribution in [3.05, 3.63) is 303 Å². The highest BCUT2D eigenvalue weighted by Crippen LogP contribution is 2.62. The van der Waals surface area contributed by atoms with Gasteiger partial charge in [0.15, 0.2) is 11.2 Å². The predicted octanol–water partition coefficient (Wildman–Crippen LogP) is 20.4. The number of anilines is 12. The average Bonchev–Trinajstić information content (AvgIpc) is 4.09. The van der Waals surface area contributed by atoms with E-state index in [2.05, 4.69) is 323 Å². The van der Waals surface area contributed by atoms with Crippen molar-refractivity contribution in [2.75, 3.05) is 19.6 Å². The SMILES string of the molecule is c1ccc(-c2c(N(c3ccccc3)c3ccccc3)oc3c(N(c4ccccc4)c4ccccc4)c4c(-c5ccccc5)c(N(c5ccccc5)c5ccccc5)oc4c(N(c4ccccc4)c4ccccc4)c23)cc1. The number of para-hydroxylation sites is 8. The molecule has 0 aliphatic carbocycles. The number of nitrogens with zero attached hydrogens (tertiary/aromatic N) is 4. The number of hydrogen-bond donors (Lipinski definition) is 0. The standard InChI is InChI=1S/C70H50N4O2/c1-11-31-51(32-12-1)61-63-65(71(53-35-15-3-16-36-53)54-37-17-4-18-38-54)68-64(62(52-33-13-2-14-34-52)70(76-68)74(59-47-27-9-28-48-59)60-49-29-10-30-50-60)66(72(55-39-19-5-20-40-55)56-41-21-6-22-42-56)67(63)75-69(61)73(57-43-23-7-24-44-57)58-45-25-8-26-46-58/h1-50H. The Hall–Kier alpha value is -10.3. The van der Waals surface area contributed by atoms with E-state index < -0.39 is 0 Å². The van der Waals surface area contributed by atoms with Crippen LogP contribution in [-0.4, -0.2) is 0 Å². The summed E-state index contributed by atoms with van der Waals surface area (Å²) in [6.07, 6.45) is 0. The van der Waals surface area contributed by atoms with Gasteiger partial charge >= 0.3 is 0 Å². The Morgan fingerprint density at radius 3 is 0.592 bits per heavy atom. The Labute approximate surface area is 442 Å². The molecule has 0 unspecified atom stereocenters. The summed E-state index contributed by atoms with van der Waals surface area (Å²) in [4.78, 5) is 9.20. The number of benzene rings is 11. The van der Waals surface area contributed by atoms with Gasteiger partial charge in [0.1, 0.15) is 11.4 Å². The molecule has 0 amide bonds. The largest absolute Gasteiger partial charge is 0.437 e. The molecule has 6 heteroatoms. The number of rotatable bonds is 14. The zero-order valence-corrected chi connectivity index (χ0v) is 41.5.